The maximum absolute atomic E-state index is 12.4. The van der Waals surface area contributed by atoms with Crippen molar-refractivity contribution >= 4 is 26.0 Å². The lowest BCUT2D eigenvalue weighted by Gasteiger charge is -2.20. The first-order valence-corrected chi connectivity index (χ1v) is 8.83. The minimum Gasteiger partial charge on any atom is -0.377 e. The Labute approximate surface area is 122 Å². The van der Waals surface area contributed by atoms with Gasteiger partial charge in [0, 0.05) is 25.5 Å². The number of nitrogens with zero attached hydrogens (tertiary/aromatic N) is 1. The molecule has 1 heterocycles. The zero-order chi connectivity index (χ0) is 13.9. The fraction of sp³-hybridized carbons (Fsp3) is 0.538. The van der Waals surface area contributed by atoms with Crippen molar-refractivity contribution < 1.29 is 13.2 Å². The summed E-state index contributed by atoms with van der Waals surface area (Å²) in [5.74, 6) is 0. The van der Waals surface area contributed by atoms with Crippen LogP contribution in [0.15, 0.2) is 29.2 Å². The summed E-state index contributed by atoms with van der Waals surface area (Å²) in [7, 11) is -1.81. The summed E-state index contributed by atoms with van der Waals surface area (Å²) in [5, 5.41) is 0.721. The van der Waals surface area contributed by atoms with E-state index in [1.807, 2.05) is 12.1 Å². The molecule has 19 heavy (non-hydrogen) atoms. The predicted molar refractivity (Wildman–Crippen MR) is 77.9 cm³/mol. The van der Waals surface area contributed by atoms with Gasteiger partial charge in [-0.25, -0.2) is 8.42 Å². The molecule has 1 aromatic rings. The van der Waals surface area contributed by atoms with E-state index >= 15 is 0 Å². The molecule has 1 saturated heterocycles. The molecule has 1 unspecified atom stereocenters. The van der Waals surface area contributed by atoms with E-state index in [9.17, 15) is 8.42 Å². The number of ether oxygens (including phenoxy) is 1. The van der Waals surface area contributed by atoms with Crippen molar-refractivity contribution in [3.05, 3.63) is 29.8 Å². The molecule has 0 spiro atoms. The number of rotatable bonds is 5. The highest BCUT2D eigenvalue weighted by atomic mass is 79.9. The molecule has 6 heteroatoms. The molecule has 0 amide bonds. The average Bonchev–Trinajstić information content (AvgIpc) is 2.91. The van der Waals surface area contributed by atoms with Crippen LogP contribution in [0.4, 0.5) is 0 Å². The molecule has 1 fully saturated rings. The van der Waals surface area contributed by atoms with E-state index in [-0.39, 0.29) is 6.10 Å². The molecule has 0 N–H and O–H groups in total. The van der Waals surface area contributed by atoms with Gasteiger partial charge in [-0.1, -0.05) is 28.1 Å². The van der Waals surface area contributed by atoms with E-state index < -0.39 is 10.0 Å². The lowest BCUT2D eigenvalue weighted by Crippen LogP contribution is -2.34. The van der Waals surface area contributed by atoms with Gasteiger partial charge in [0.2, 0.25) is 10.0 Å². The van der Waals surface area contributed by atoms with E-state index in [1.54, 1.807) is 19.2 Å². The van der Waals surface area contributed by atoms with Crippen LogP contribution in [0.3, 0.4) is 0 Å². The summed E-state index contributed by atoms with van der Waals surface area (Å²) in [4.78, 5) is 0.331. The van der Waals surface area contributed by atoms with Crippen LogP contribution < -0.4 is 0 Å². The Morgan fingerprint density at radius 2 is 2.05 bits per heavy atom. The number of sulfonamides is 1. The van der Waals surface area contributed by atoms with Gasteiger partial charge in [0.05, 0.1) is 11.0 Å². The van der Waals surface area contributed by atoms with E-state index in [2.05, 4.69) is 15.9 Å². The van der Waals surface area contributed by atoms with Gasteiger partial charge in [0.25, 0.3) is 0 Å². The normalized spacial score (nSPS) is 20.1. The summed E-state index contributed by atoms with van der Waals surface area (Å²) in [6.07, 6.45) is 1.97. The largest absolute Gasteiger partial charge is 0.377 e. The first-order valence-electron chi connectivity index (χ1n) is 6.27. The number of likely N-dealkylation sites (N-methyl/N-ethyl adjacent to an activating group) is 1. The minimum atomic E-state index is -3.41. The van der Waals surface area contributed by atoms with Crippen LogP contribution >= 0.6 is 15.9 Å². The number of hydrogen-bond donors (Lipinski definition) is 0. The molecule has 0 radical (unpaired) electrons. The molecule has 0 aliphatic carbocycles. The third-order valence-electron chi connectivity index (χ3n) is 3.27. The van der Waals surface area contributed by atoms with Crippen LogP contribution in [0, 0.1) is 0 Å². The Balaban J connectivity index is 2.10. The van der Waals surface area contributed by atoms with Crippen molar-refractivity contribution in [2.24, 2.45) is 0 Å². The van der Waals surface area contributed by atoms with Crippen molar-refractivity contribution in [3.8, 4) is 0 Å². The van der Waals surface area contributed by atoms with Gasteiger partial charge >= 0.3 is 0 Å². The summed E-state index contributed by atoms with van der Waals surface area (Å²) < 4.78 is 31.6. The highest BCUT2D eigenvalue weighted by molar-refractivity contribution is 9.08. The topological polar surface area (TPSA) is 46.6 Å². The Morgan fingerprint density at radius 3 is 2.58 bits per heavy atom. The molecule has 1 aliphatic heterocycles. The molecule has 106 valence electrons. The highest BCUT2D eigenvalue weighted by Gasteiger charge is 2.25. The molecule has 4 nitrogen and oxygen atoms in total. The zero-order valence-electron chi connectivity index (χ0n) is 10.9. The lowest BCUT2D eigenvalue weighted by molar-refractivity contribution is 0.0979. The number of benzene rings is 1. The van der Waals surface area contributed by atoms with Crippen LogP contribution in [0.1, 0.15) is 18.4 Å². The summed E-state index contributed by atoms with van der Waals surface area (Å²) in [6.45, 7) is 1.15. The van der Waals surface area contributed by atoms with Gasteiger partial charge in [-0.05, 0) is 30.5 Å². The maximum atomic E-state index is 12.4. The van der Waals surface area contributed by atoms with E-state index in [0.29, 0.717) is 11.4 Å². The van der Waals surface area contributed by atoms with Gasteiger partial charge in [-0.2, -0.15) is 4.31 Å². The number of alkyl halides is 1. The molecule has 2 rings (SSSR count). The van der Waals surface area contributed by atoms with Crippen molar-refractivity contribution in [1.82, 2.24) is 4.31 Å². The van der Waals surface area contributed by atoms with Crippen LogP contribution in [-0.4, -0.2) is 39.0 Å². The second kappa shape index (κ2) is 6.35. The molecule has 0 saturated carbocycles. The Morgan fingerprint density at radius 1 is 1.37 bits per heavy atom. The van der Waals surface area contributed by atoms with Crippen LogP contribution in [0.2, 0.25) is 0 Å². The van der Waals surface area contributed by atoms with Crippen LogP contribution in [-0.2, 0) is 20.1 Å². The molecular formula is C13H18BrNO3S. The lowest BCUT2D eigenvalue weighted by atomic mass is 10.2. The van der Waals surface area contributed by atoms with Crippen molar-refractivity contribution in [3.63, 3.8) is 0 Å². The quantitative estimate of drug-likeness (QED) is 0.768. The third kappa shape index (κ3) is 3.56. The number of halogens is 1. The fourth-order valence-electron chi connectivity index (χ4n) is 2.10. The summed E-state index contributed by atoms with van der Waals surface area (Å²) in [6, 6.07) is 6.94. The van der Waals surface area contributed by atoms with Gasteiger partial charge in [-0.15, -0.1) is 0 Å². The molecule has 0 aromatic heterocycles. The smallest absolute Gasteiger partial charge is 0.242 e. The van der Waals surface area contributed by atoms with Crippen LogP contribution in [0.25, 0.3) is 0 Å². The average molecular weight is 348 g/mol. The van der Waals surface area contributed by atoms with Gasteiger partial charge in [-0.3, -0.25) is 0 Å². The van der Waals surface area contributed by atoms with Crippen molar-refractivity contribution in [1.29, 1.82) is 0 Å². The monoisotopic (exact) mass is 347 g/mol. The second-order valence-corrected chi connectivity index (χ2v) is 7.30. The van der Waals surface area contributed by atoms with Crippen LogP contribution in [0.5, 0.6) is 0 Å². The molecule has 0 bridgehead atoms. The van der Waals surface area contributed by atoms with Crippen molar-refractivity contribution in [2.75, 3.05) is 20.2 Å². The second-order valence-electron chi connectivity index (χ2n) is 4.70. The summed E-state index contributed by atoms with van der Waals surface area (Å²) >= 11 is 3.34. The van der Waals surface area contributed by atoms with Crippen molar-refractivity contribution in [2.45, 2.75) is 29.2 Å². The SMILES string of the molecule is CN(CC1CCCO1)S(=O)(=O)c1ccc(CBr)cc1. The van der Waals surface area contributed by atoms with E-state index in [4.69, 9.17) is 4.74 Å². The molecule has 1 aromatic carbocycles. The number of hydrogen-bond acceptors (Lipinski definition) is 3. The standard InChI is InChI=1S/C13H18BrNO3S/c1-15(10-12-3-2-8-18-12)19(16,17)13-6-4-11(9-14)5-7-13/h4-7,12H,2-3,8-10H2,1H3. The molecular weight excluding hydrogens is 330 g/mol. The van der Waals surface area contributed by atoms with Gasteiger partial charge in [0.1, 0.15) is 0 Å². The Kier molecular flexibility index (Phi) is 5.00. The maximum Gasteiger partial charge on any atom is 0.242 e. The Bertz CT molecular complexity index is 509. The van der Waals surface area contributed by atoms with Gasteiger partial charge < -0.3 is 4.74 Å². The first kappa shape index (κ1) is 15.0. The summed E-state index contributed by atoms with van der Waals surface area (Å²) in [5.41, 5.74) is 1.06. The third-order valence-corrected chi connectivity index (χ3v) is 5.76. The highest BCUT2D eigenvalue weighted by Crippen LogP contribution is 2.19. The Hall–Kier alpha value is -0.430. The molecule has 1 aliphatic rings. The molecule has 1 atom stereocenters. The fourth-order valence-corrected chi connectivity index (χ4v) is 3.68. The first-order chi connectivity index (χ1) is 9.04. The minimum absolute atomic E-state index is 0.0293. The zero-order valence-corrected chi connectivity index (χ0v) is 13.3. The van der Waals surface area contributed by atoms with E-state index in [0.717, 1.165) is 30.3 Å². The van der Waals surface area contributed by atoms with E-state index in [1.165, 1.54) is 4.31 Å². The van der Waals surface area contributed by atoms with Gasteiger partial charge in [0.15, 0.2) is 0 Å². The predicted octanol–water partition coefficient (Wildman–Crippen LogP) is 2.38.